The van der Waals surface area contributed by atoms with Crippen molar-refractivity contribution in [3.63, 3.8) is 0 Å². The van der Waals surface area contributed by atoms with Gasteiger partial charge in [-0.25, -0.2) is 4.79 Å². The number of rotatable bonds is 17. The minimum Gasteiger partial charge on any atom is -0.465 e. The average Bonchev–Trinajstić information content (AvgIpc) is 3.44. The normalized spacial score (nSPS) is 19.9. The third-order valence-corrected chi connectivity index (χ3v) is 9.14. The number of primary amides is 1. The van der Waals surface area contributed by atoms with E-state index in [1.807, 2.05) is 27.7 Å². The van der Waals surface area contributed by atoms with Gasteiger partial charge >= 0.3 is 6.09 Å². The molecule has 0 bridgehead atoms. The molecule has 8 atom stereocenters. The molecule has 1 fully saturated rings. The first-order valence-corrected chi connectivity index (χ1v) is 15.6. The Labute approximate surface area is 263 Å². The van der Waals surface area contributed by atoms with Crippen LogP contribution in [0.3, 0.4) is 0 Å². The Hall–Kier alpha value is -2.93. The molecule has 1 rings (SSSR count). The molecular formula is C31H57N5O8. The van der Waals surface area contributed by atoms with Crippen molar-refractivity contribution in [1.29, 1.82) is 0 Å². The van der Waals surface area contributed by atoms with E-state index in [1.54, 1.807) is 37.6 Å². The molecule has 0 aromatic rings. The fraction of sp³-hybridized carbons (Fsp3) is 0.839. The Morgan fingerprint density at radius 2 is 1.57 bits per heavy atom. The Morgan fingerprint density at radius 3 is 2.00 bits per heavy atom. The van der Waals surface area contributed by atoms with Gasteiger partial charge in [0.15, 0.2) is 0 Å². The lowest BCUT2D eigenvalue weighted by molar-refractivity contribution is -0.147. The van der Waals surface area contributed by atoms with Crippen LogP contribution in [0.1, 0.15) is 74.1 Å². The smallest absolute Gasteiger partial charge is 0.407 e. The van der Waals surface area contributed by atoms with Crippen LogP contribution in [0.2, 0.25) is 0 Å². The Bertz CT molecular complexity index is 992. The van der Waals surface area contributed by atoms with Gasteiger partial charge in [0.2, 0.25) is 23.6 Å². The summed E-state index contributed by atoms with van der Waals surface area (Å²) < 4.78 is 11.5. The molecule has 254 valence electrons. The summed E-state index contributed by atoms with van der Waals surface area (Å²) in [6.45, 7) is 13.3. The highest BCUT2D eigenvalue weighted by atomic mass is 16.5. The summed E-state index contributed by atoms with van der Waals surface area (Å²) in [6.07, 6.45) is -0.310. The number of hydrogen-bond acceptors (Lipinski definition) is 7. The summed E-state index contributed by atoms with van der Waals surface area (Å²) in [6, 6.07) is -2.74. The minimum absolute atomic E-state index is 0.00144. The zero-order chi connectivity index (χ0) is 34.0. The lowest BCUT2D eigenvalue weighted by atomic mass is 9.89. The van der Waals surface area contributed by atoms with E-state index >= 15 is 0 Å². The third kappa shape index (κ3) is 9.53. The quantitative estimate of drug-likeness (QED) is 0.220. The molecule has 1 heterocycles. The van der Waals surface area contributed by atoms with E-state index in [4.69, 9.17) is 15.2 Å². The number of amides is 5. The summed E-state index contributed by atoms with van der Waals surface area (Å²) in [5, 5.41) is 12.3. The van der Waals surface area contributed by atoms with Gasteiger partial charge in [-0.05, 0) is 30.6 Å². The second kappa shape index (κ2) is 17.5. The van der Waals surface area contributed by atoms with E-state index in [2.05, 4.69) is 5.32 Å². The highest BCUT2D eigenvalue weighted by Crippen LogP contribution is 2.29. The molecule has 44 heavy (non-hydrogen) atoms. The number of nitrogens with one attached hydrogen (secondary N) is 1. The fourth-order valence-electron chi connectivity index (χ4n) is 6.34. The number of nitrogens with zero attached hydrogens (tertiary/aromatic N) is 3. The number of hydrogen-bond donors (Lipinski definition) is 3. The van der Waals surface area contributed by atoms with Gasteiger partial charge in [0.25, 0.3) is 0 Å². The molecule has 13 heteroatoms. The Balaban J connectivity index is 3.30. The molecule has 0 aromatic carbocycles. The molecule has 4 N–H and O–H groups in total. The first-order valence-electron chi connectivity index (χ1n) is 15.6. The van der Waals surface area contributed by atoms with E-state index in [0.717, 1.165) is 11.3 Å². The molecule has 0 aromatic heterocycles. The first kappa shape index (κ1) is 39.1. The van der Waals surface area contributed by atoms with Crippen LogP contribution in [0, 0.1) is 23.7 Å². The van der Waals surface area contributed by atoms with Gasteiger partial charge in [-0.2, -0.15) is 0 Å². The van der Waals surface area contributed by atoms with E-state index in [-0.39, 0.29) is 42.0 Å². The molecule has 13 nitrogen and oxygen atoms in total. The standard InChI is InChI=1S/C31H57N5O8/c1-12-19(6)26(22(43-10)16-23(37)36-15-13-14-21(36)27(44-11)20(7)28(32)38)34(8)30(40)24(17(2)3)33-29(39)25(18(4)5)35(9)31(41)42/h17-22,24-27H,12-16H2,1-11H3,(H2,32,38)(H,33,39)(H,41,42)/t19-,20+,21-,22+,24-,25-,26-,27+/m1/s1. The molecule has 1 saturated heterocycles. The maximum Gasteiger partial charge on any atom is 0.407 e. The van der Waals surface area contributed by atoms with Gasteiger partial charge in [0, 0.05) is 34.9 Å². The summed E-state index contributed by atoms with van der Waals surface area (Å²) >= 11 is 0. The molecule has 0 radical (unpaired) electrons. The topological polar surface area (TPSA) is 172 Å². The van der Waals surface area contributed by atoms with E-state index in [1.165, 1.54) is 21.3 Å². The van der Waals surface area contributed by atoms with Crippen LogP contribution in [-0.2, 0) is 28.7 Å². The van der Waals surface area contributed by atoms with Crippen molar-refractivity contribution < 1.29 is 38.6 Å². The van der Waals surface area contributed by atoms with Crippen LogP contribution in [-0.4, -0.2) is 121 Å². The summed E-state index contributed by atoms with van der Waals surface area (Å²) in [5.41, 5.74) is 5.55. The second-order valence-corrected chi connectivity index (χ2v) is 12.8. The molecule has 0 unspecified atom stereocenters. The van der Waals surface area contributed by atoms with Crippen LogP contribution < -0.4 is 11.1 Å². The SMILES string of the molecule is CC[C@@H](C)[C@H]([C@H](CC(=O)N1CCC[C@@H]1[C@@H](OC)[C@H](C)C(N)=O)OC)N(C)C(=O)[C@H](NC(=O)[C@@H](C(C)C)N(C)C(=O)O)C(C)C. The van der Waals surface area contributed by atoms with Crippen molar-refractivity contribution in [3.05, 3.63) is 0 Å². The molecule has 1 aliphatic rings. The second-order valence-electron chi connectivity index (χ2n) is 12.8. The lowest BCUT2D eigenvalue weighted by Gasteiger charge is -2.41. The summed E-state index contributed by atoms with van der Waals surface area (Å²) in [7, 11) is 6.00. The van der Waals surface area contributed by atoms with Gasteiger partial charge < -0.3 is 35.4 Å². The number of likely N-dealkylation sites (N-methyl/N-ethyl adjacent to an activating group) is 2. The molecule has 0 saturated carbocycles. The molecule has 0 aliphatic carbocycles. The van der Waals surface area contributed by atoms with E-state index in [9.17, 15) is 29.1 Å². The molecule has 1 aliphatic heterocycles. The lowest BCUT2D eigenvalue weighted by Crippen LogP contribution is -2.60. The van der Waals surface area contributed by atoms with Gasteiger partial charge in [-0.3, -0.25) is 24.1 Å². The largest absolute Gasteiger partial charge is 0.465 e. The number of methoxy groups -OCH3 is 2. The van der Waals surface area contributed by atoms with Gasteiger partial charge in [0.1, 0.15) is 12.1 Å². The van der Waals surface area contributed by atoms with Crippen LogP contribution >= 0.6 is 0 Å². The maximum atomic E-state index is 14.0. The molecular weight excluding hydrogens is 570 g/mol. The predicted octanol–water partition coefficient (Wildman–Crippen LogP) is 2.17. The van der Waals surface area contributed by atoms with Crippen molar-refractivity contribution >= 4 is 29.7 Å². The van der Waals surface area contributed by atoms with Gasteiger partial charge in [-0.15, -0.1) is 0 Å². The number of nitrogens with two attached hydrogens (primary N) is 1. The van der Waals surface area contributed by atoms with Crippen molar-refractivity contribution in [1.82, 2.24) is 20.0 Å². The number of carbonyl (C=O) groups is 5. The zero-order valence-corrected chi connectivity index (χ0v) is 28.5. The van der Waals surface area contributed by atoms with E-state index in [0.29, 0.717) is 19.4 Å². The summed E-state index contributed by atoms with van der Waals surface area (Å²) in [5.74, 6) is -2.86. The third-order valence-electron chi connectivity index (χ3n) is 9.14. The molecule has 5 amide bonds. The minimum atomic E-state index is -1.24. The van der Waals surface area contributed by atoms with Crippen molar-refractivity contribution in [2.75, 3.05) is 34.9 Å². The number of ether oxygens (including phenoxy) is 2. The summed E-state index contributed by atoms with van der Waals surface area (Å²) in [4.78, 5) is 68.9. The number of carbonyl (C=O) groups excluding carboxylic acids is 4. The van der Waals surface area contributed by atoms with Crippen molar-refractivity contribution in [2.45, 2.75) is 111 Å². The number of carboxylic acid groups (broad SMARTS) is 1. The highest BCUT2D eigenvalue weighted by Gasteiger charge is 2.43. The maximum absolute atomic E-state index is 14.0. The first-order chi connectivity index (χ1) is 20.5. The Morgan fingerprint density at radius 1 is 0.977 bits per heavy atom. The molecule has 0 spiro atoms. The van der Waals surface area contributed by atoms with Crippen LogP contribution in [0.4, 0.5) is 4.79 Å². The van der Waals surface area contributed by atoms with Gasteiger partial charge in [-0.1, -0.05) is 54.9 Å². The monoisotopic (exact) mass is 627 g/mol. The predicted molar refractivity (Wildman–Crippen MR) is 166 cm³/mol. The van der Waals surface area contributed by atoms with Crippen LogP contribution in [0.25, 0.3) is 0 Å². The van der Waals surface area contributed by atoms with Crippen LogP contribution in [0.15, 0.2) is 0 Å². The van der Waals surface area contributed by atoms with Crippen LogP contribution in [0.5, 0.6) is 0 Å². The Kier molecular flexibility index (Phi) is 15.6. The van der Waals surface area contributed by atoms with Crippen molar-refractivity contribution in [3.8, 4) is 0 Å². The number of likely N-dealkylation sites (tertiary alicyclic amines) is 1. The van der Waals surface area contributed by atoms with Gasteiger partial charge in [0.05, 0.1) is 36.6 Å². The highest BCUT2D eigenvalue weighted by molar-refractivity contribution is 5.91. The van der Waals surface area contributed by atoms with E-state index < -0.39 is 54.2 Å². The zero-order valence-electron chi connectivity index (χ0n) is 28.5. The van der Waals surface area contributed by atoms with Crippen molar-refractivity contribution in [2.24, 2.45) is 29.4 Å². The average molecular weight is 628 g/mol. The fourth-order valence-corrected chi connectivity index (χ4v) is 6.34.